The molecule has 2 saturated heterocycles. The molecule has 0 radical (unpaired) electrons. The fourth-order valence-electron chi connectivity index (χ4n) is 2.68. The maximum atomic E-state index is 12.1. The second-order valence-electron chi connectivity index (χ2n) is 5.24. The molecule has 1 atom stereocenters. The van der Waals surface area contributed by atoms with E-state index in [9.17, 15) is 14.7 Å². The van der Waals surface area contributed by atoms with E-state index in [4.69, 9.17) is 0 Å². The molecule has 0 bridgehead atoms. The van der Waals surface area contributed by atoms with Crippen LogP contribution in [0, 0.1) is 0 Å². The summed E-state index contributed by atoms with van der Waals surface area (Å²) in [5.74, 6) is 0.0369. The van der Waals surface area contributed by atoms with Crippen molar-refractivity contribution in [2.24, 2.45) is 0 Å². The molecule has 2 rings (SSSR count). The molecule has 0 saturated carbocycles. The van der Waals surface area contributed by atoms with Gasteiger partial charge in [0.1, 0.15) is 0 Å². The van der Waals surface area contributed by atoms with E-state index in [0.29, 0.717) is 32.5 Å². The van der Waals surface area contributed by atoms with Crippen LogP contribution in [0.2, 0.25) is 0 Å². The molecule has 6 nitrogen and oxygen atoms in total. The van der Waals surface area contributed by atoms with Gasteiger partial charge in [0.05, 0.1) is 18.6 Å². The van der Waals surface area contributed by atoms with E-state index in [1.165, 1.54) is 0 Å². The SMILES string of the molecule is CCN1CCNC(CC(=O)N2CCC(O)CC2)C1=O. The van der Waals surface area contributed by atoms with Crippen molar-refractivity contribution in [1.29, 1.82) is 0 Å². The molecule has 2 fully saturated rings. The van der Waals surface area contributed by atoms with Crippen LogP contribution < -0.4 is 5.32 Å². The van der Waals surface area contributed by atoms with E-state index >= 15 is 0 Å². The summed E-state index contributed by atoms with van der Waals surface area (Å²) < 4.78 is 0. The van der Waals surface area contributed by atoms with Gasteiger partial charge in [0.2, 0.25) is 11.8 Å². The second-order valence-corrected chi connectivity index (χ2v) is 5.24. The molecule has 0 aromatic rings. The maximum absolute atomic E-state index is 12.1. The number of amides is 2. The zero-order chi connectivity index (χ0) is 13.8. The number of nitrogens with zero attached hydrogens (tertiary/aromatic N) is 2. The van der Waals surface area contributed by atoms with Crippen molar-refractivity contribution in [3.05, 3.63) is 0 Å². The number of carbonyl (C=O) groups excluding carboxylic acids is 2. The van der Waals surface area contributed by atoms with Crippen LogP contribution in [0.1, 0.15) is 26.2 Å². The summed E-state index contributed by atoms with van der Waals surface area (Å²) in [6.07, 6.45) is 1.22. The summed E-state index contributed by atoms with van der Waals surface area (Å²) in [5, 5.41) is 12.6. The van der Waals surface area contributed by atoms with Gasteiger partial charge in [0.15, 0.2) is 0 Å². The van der Waals surface area contributed by atoms with Gasteiger partial charge in [-0.25, -0.2) is 0 Å². The molecule has 0 aromatic carbocycles. The normalized spacial score (nSPS) is 25.8. The van der Waals surface area contributed by atoms with Gasteiger partial charge >= 0.3 is 0 Å². The van der Waals surface area contributed by atoms with Gasteiger partial charge in [-0.05, 0) is 19.8 Å². The highest BCUT2D eigenvalue weighted by molar-refractivity contribution is 5.89. The van der Waals surface area contributed by atoms with E-state index < -0.39 is 0 Å². The molecule has 6 heteroatoms. The maximum Gasteiger partial charge on any atom is 0.240 e. The second kappa shape index (κ2) is 6.34. The largest absolute Gasteiger partial charge is 0.393 e. The number of nitrogens with one attached hydrogen (secondary N) is 1. The molecule has 19 heavy (non-hydrogen) atoms. The van der Waals surface area contributed by atoms with Gasteiger partial charge in [-0.1, -0.05) is 0 Å². The summed E-state index contributed by atoms with van der Waals surface area (Å²) >= 11 is 0. The molecule has 1 unspecified atom stereocenters. The lowest BCUT2D eigenvalue weighted by molar-refractivity contribution is -0.141. The van der Waals surface area contributed by atoms with Gasteiger partial charge < -0.3 is 20.2 Å². The smallest absolute Gasteiger partial charge is 0.240 e. The van der Waals surface area contributed by atoms with Gasteiger partial charge in [0.25, 0.3) is 0 Å². The third-order valence-electron chi connectivity index (χ3n) is 3.96. The molecule has 2 aliphatic rings. The lowest BCUT2D eigenvalue weighted by Gasteiger charge is -2.34. The van der Waals surface area contributed by atoms with Crippen molar-refractivity contribution in [1.82, 2.24) is 15.1 Å². The average molecular weight is 269 g/mol. The first-order valence-corrected chi connectivity index (χ1v) is 7.09. The van der Waals surface area contributed by atoms with Crippen molar-refractivity contribution in [2.75, 3.05) is 32.7 Å². The monoisotopic (exact) mass is 269 g/mol. The topological polar surface area (TPSA) is 72.9 Å². The fourth-order valence-corrected chi connectivity index (χ4v) is 2.68. The Bertz CT molecular complexity index is 340. The number of carbonyl (C=O) groups is 2. The van der Waals surface area contributed by atoms with Crippen molar-refractivity contribution in [3.8, 4) is 0 Å². The van der Waals surface area contributed by atoms with Crippen LogP contribution in [-0.2, 0) is 9.59 Å². The minimum absolute atomic E-state index is 0.00991. The van der Waals surface area contributed by atoms with Gasteiger partial charge in [-0.2, -0.15) is 0 Å². The number of aliphatic hydroxyl groups is 1. The summed E-state index contributed by atoms with van der Waals surface area (Å²) in [6, 6.07) is -0.381. The van der Waals surface area contributed by atoms with Crippen LogP contribution in [0.4, 0.5) is 0 Å². The van der Waals surface area contributed by atoms with E-state index in [-0.39, 0.29) is 30.4 Å². The molecule has 2 aliphatic heterocycles. The highest BCUT2D eigenvalue weighted by Crippen LogP contribution is 2.13. The summed E-state index contributed by atoms with van der Waals surface area (Å²) in [4.78, 5) is 27.8. The Kier molecular flexibility index (Phi) is 4.76. The van der Waals surface area contributed by atoms with Crippen LogP contribution in [0.5, 0.6) is 0 Å². The number of piperidine rings is 1. The zero-order valence-corrected chi connectivity index (χ0v) is 11.5. The lowest BCUT2D eigenvalue weighted by Crippen LogP contribution is -2.56. The predicted molar refractivity (Wildman–Crippen MR) is 70.5 cm³/mol. The van der Waals surface area contributed by atoms with Crippen LogP contribution in [0.25, 0.3) is 0 Å². The molecule has 0 aromatic heterocycles. The van der Waals surface area contributed by atoms with E-state index in [0.717, 1.165) is 13.1 Å². The van der Waals surface area contributed by atoms with Crippen LogP contribution in [0.15, 0.2) is 0 Å². The summed E-state index contributed by atoms with van der Waals surface area (Å²) in [5.41, 5.74) is 0. The van der Waals surface area contributed by atoms with Gasteiger partial charge in [-0.3, -0.25) is 9.59 Å². The number of likely N-dealkylation sites (tertiary alicyclic amines) is 1. The molecule has 108 valence electrons. The highest BCUT2D eigenvalue weighted by Gasteiger charge is 2.31. The van der Waals surface area contributed by atoms with E-state index in [2.05, 4.69) is 5.32 Å². The molecular weight excluding hydrogens is 246 g/mol. The Morgan fingerprint density at radius 1 is 1.37 bits per heavy atom. The zero-order valence-electron chi connectivity index (χ0n) is 11.5. The number of hydrogen-bond acceptors (Lipinski definition) is 4. The molecule has 0 spiro atoms. The van der Waals surface area contributed by atoms with Crippen molar-refractivity contribution < 1.29 is 14.7 Å². The summed E-state index contributed by atoms with van der Waals surface area (Å²) in [7, 11) is 0. The fraction of sp³-hybridized carbons (Fsp3) is 0.846. The first-order chi connectivity index (χ1) is 9.11. The number of hydrogen-bond donors (Lipinski definition) is 2. The first-order valence-electron chi connectivity index (χ1n) is 7.09. The number of piperazine rings is 1. The van der Waals surface area contributed by atoms with Gasteiger partial charge in [0, 0.05) is 32.7 Å². The number of likely N-dealkylation sites (N-methyl/N-ethyl adjacent to an activating group) is 1. The average Bonchev–Trinajstić information content (AvgIpc) is 2.42. The molecule has 2 heterocycles. The van der Waals surface area contributed by atoms with Crippen LogP contribution >= 0.6 is 0 Å². The lowest BCUT2D eigenvalue weighted by atomic mass is 10.1. The van der Waals surface area contributed by atoms with Crippen LogP contribution in [-0.4, -0.2) is 71.6 Å². The third kappa shape index (κ3) is 3.45. The van der Waals surface area contributed by atoms with Crippen LogP contribution in [0.3, 0.4) is 0 Å². The van der Waals surface area contributed by atoms with Crippen molar-refractivity contribution >= 4 is 11.8 Å². The Morgan fingerprint density at radius 3 is 2.68 bits per heavy atom. The van der Waals surface area contributed by atoms with E-state index in [1.807, 2.05) is 6.92 Å². The standard InChI is InChI=1S/C13H23N3O3/c1-2-15-8-5-14-11(13(15)19)9-12(18)16-6-3-10(17)4-7-16/h10-11,14,17H,2-9H2,1H3. The quantitative estimate of drug-likeness (QED) is 0.702. The molecule has 2 amide bonds. The van der Waals surface area contributed by atoms with E-state index in [1.54, 1.807) is 9.80 Å². The Hall–Kier alpha value is -1.14. The highest BCUT2D eigenvalue weighted by atomic mass is 16.3. The summed E-state index contributed by atoms with van der Waals surface area (Å²) in [6.45, 7) is 5.30. The Labute approximate surface area is 113 Å². The van der Waals surface area contributed by atoms with Gasteiger partial charge in [-0.15, -0.1) is 0 Å². The molecule has 0 aliphatic carbocycles. The third-order valence-corrected chi connectivity index (χ3v) is 3.96. The first kappa shape index (κ1) is 14.3. The Morgan fingerprint density at radius 2 is 2.05 bits per heavy atom. The minimum Gasteiger partial charge on any atom is -0.393 e. The van der Waals surface area contributed by atoms with Crippen molar-refractivity contribution in [3.63, 3.8) is 0 Å². The molecule has 2 N–H and O–H groups in total. The number of rotatable bonds is 3. The number of aliphatic hydroxyl groups excluding tert-OH is 1. The van der Waals surface area contributed by atoms with Crippen molar-refractivity contribution in [2.45, 2.75) is 38.3 Å². The minimum atomic E-state index is -0.381. The molecular formula is C13H23N3O3. The Balaban J connectivity index is 1.86. The predicted octanol–water partition coefficient (Wildman–Crippen LogP) is -0.820.